The maximum atomic E-state index is 12.3. The number of aromatic amines is 1. The minimum Gasteiger partial charge on any atom is -0.334 e. The Labute approximate surface area is 148 Å². The Morgan fingerprint density at radius 3 is 2.96 bits per heavy atom. The molecule has 1 unspecified atom stereocenters. The van der Waals surface area contributed by atoms with Crippen molar-refractivity contribution in [2.75, 3.05) is 7.05 Å². The molecular weight excluding hydrogens is 344 g/mol. The number of hydrogen-bond donors (Lipinski definition) is 2. The fraction of sp³-hybridized carbons (Fsp3) is 0.250. The van der Waals surface area contributed by atoms with Crippen molar-refractivity contribution in [2.24, 2.45) is 0 Å². The first-order valence-corrected chi connectivity index (χ1v) is 7.66. The number of nitrogens with one attached hydrogen (secondary N) is 2. The monoisotopic (exact) mass is 360 g/mol. The minimum absolute atomic E-state index is 0. The van der Waals surface area contributed by atoms with E-state index < -0.39 is 0 Å². The van der Waals surface area contributed by atoms with E-state index in [1.807, 2.05) is 32.2 Å². The second-order valence-electron chi connectivity index (χ2n) is 5.70. The van der Waals surface area contributed by atoms with Gasteiger partial charge in [-0.3, -0.25) is 4.79 Å². The second-order valence-corrected chi connectivity index (χ2v) is 5.70. The number of para-hydroxylation sites is 1. The summed E-state index contributed by atoms with van der Waals surface area (Å²) in [4.78, 5) is 19.5. The van der Waals surface area contributed by atoms with E-state index in [-0.39, 0.29) is 24.0 Å². The van der Waals surface area contributed by atoms with Gasteiger partial charge in [0.25, 0.3) is 11.4 Å². The average molecular weight is 361 g/mol. The average Bonchev–Trinajstić information content (AvgIpc) is 3.21. The van der Waals surface area contributed by atoms with Gasteiger partial charge in [0.2, 0.25) is 0 Å². The number of H-pyrrole nitrogens is 1. The van der Waals surface area contributed by atoms with Gasteiger partial charge in [-0.05, 0) is 26.1 Å². The zero-order valence-electron chi connectivity index (χ0n) is 13.7. The standard InChI is InChI=1S/C16H16N6O2.ClH/c1-9(17-2)7-13-19-16(24-21-13)11-8-18-22-12-6-4-3-5-10(12)15(23)20-14(11)22;/h3-6,8-9,17H,7H2,1-2H3,(H,20,23);1H. The highest BCUT2D eigenvalue weighted by atomic mass is 35.5. The Bertz CT molecular complexity index is 1080. The number of aromatic nitrogens is 5. The Morgan fingerprint density at radius 1 is 1.36 bits per heavy atom. The first-order valence-electron chi connectivity index (χ1n) is 7.66. The number of benzene rings is 1. The maximum Gasteiger partial charge on any atom is 0.263 e. The summed E-state index contributed by atoms with van der Waals surface area (Å²) in [7, 11) is 1.88. The Hall–Kier alpha value is -2.71. The highest BCUT2D eigenvalue weighted by molar-refractivity contribution is 5.85. The molecule has 25 heavy (non-hydrogen) atoms. The van der Waals surface area contributed by atoms with E-state index >= 15 is 0 Å². The van der Waals surface area contributed by atoms with Crippen molar-refractivity contribution in [2.45, 2.75) is 19.4 Å². The van der Waals surface area contributed by atoms with Gasteiger partial charge in [-0.1, -0.05) is 17.3 Å². The van der Waals surface area contributed by atoms with Crippen LogP contribution in [0.2, 0.25) is 0 Å². The fourth-order valence-corrected chi connectivity index (χ4v) is 2.66. The van der Waals surface area contributed by atoms with E-state index in [0.717, 1.165) is 5.52 Å². The van der Waals surface area contributed by atoms with Gasteiger partial charge in [0, 0.05) is 12.5 Å². The SMILES string of the molecule is CNC(C)Cc1noc(-c2cnn3c2[nH]c(=O)c2ccccc23)n1.Cl. The second kappa shape index (κ2) is 6.66. The van der Waals surface area contributed by atoms with Crippen LogP contribution in [0.1, 0.15) is 12.7 Å². The van der Waals surface area contributed by atoms with Crippen LogP contribution in [0.25, 0.3) is 28.0 Å². The molecule has 0 spiro atoms. The molecule has 9 heteroatoms. The molecule has 0 saturated carbocycles. The molecule has 130 valence electrons. The molecule has 0 saturated heterocycles. The van der Waals surface area contributed by atoms with Gasteiger partial charge in [-0.2, -0.15) is 10.1 Å². The van der Waals surface area contributed by atoms with Crippen LogP contribution in [0.15, 0.2) is 39.8 Å². The first kappa shape index (κ1) is 17.1. The Balaban J connectivity index is 0.00000182. The van der Waals surface area contributed by atoms with Crippen molar-refractivity contribution < 1.29 is 4.52 Å². The highest BCUT2D eigenvalue weighted by Gasteiger charge is 2.17. The van der Waals surface area contributed by atoms with Gasteiger partial charge in [0.05, 0.1) is 17.1 Å². The van der Waals surface area contributed by atoms with Crippen molar-refractivity contribution in [3.63, 3.8) is 0 Å². The minimum atomic E-state index is -0.177. The molecule has 0 bridgehead atoms. The molecule has 4 rings (SSSR count). The Morgan fingerprint density at radius 2 is 2.16 bits per heavy atom. The number of nitrogens with zero attached hydrogens (tertiary/aromatic N) is 4. The van der Waals surface area contributed by atoms with Crippen molar-refractivity contribution in [1.29, 1.82) is 0 Å². The van der Waals surface area contributed by atoms with E-state index in [1.54, 1.807) is 16.8 Å². The summed E-state index contributed by atoms with van der Waals surface area (Å²) in [6.07, 6.45) is 2.27. The van der Waals surface area contributed by atoms with Crippen LogP contribution in [0.3, 0.4) is 0 Å². The number of rotatable bonds is 4. The fourth-order valence-electron chi connectivity index (χ4n) is 2.66. The molecule has 3 aromatic heterocycles. The summed E-state index contributed by atoms with van der Waals surface area (Å²) in [5, 5.41) is 12.1. The van der Waals surface area contributed by atoms with Crippen LogP contribution >= 0.6 is 12.4 Å². The molecule has 0 aliphatic carbocycles. The molecule has 0 radical (unpaired) electrons. The molecule has 0 fully saturated rings. The van der Waals surface area contributed by atoms with Gasteiger partial charge in [-0.15, -0.1) is 12.4 Å². The van der Waals surface area contributed by atoms with Crippen molar-refractivity contribution in [3.8, 4) is 11.5 Å². The predicted octanol–water partition coefficient (Wildman–Crippen LogP) is 1.80. The number of fused-ring (bicyclic) bond motifs is 3. The summed E-state index contributed by atoms with van der Waals surface area (Å²) in [5.41, 5.74) is 1.69. The molecule has 0 aliphatic heterocycles. The van der Waals surface area contributed by atoms with Crippen molar-refractivity contribution in [3.05, 3.63) is 46.6 Å². The molecule has 1 atom stereocenters. The lowest BCUT2D eigenvalue weighted by Crippen LogP contribution is -2.24. The maximum absolute atomic E-state index is 12.3. The summed E-state index contributed by atoms with van der Waals surface area (Å²) in [5.74, 6) is 0.948. The molecule has 8 nitrogen and oxygen atoms in total. The highest BCUT2D eigenvalue weighted by Crippen LogP contribution is 2.23. The van der Waals surface area contributed by atoms with Gasteiger partial charge in [0.15, 0.2) is 5.82 Å². The van der Waals surface area contributed by atoms with Gasteiger partial charge >= 0.3 is 0 Å². The molecule has 3 heterocycles. The zero-order chi connectivity index (χ0) is 16.7. The lowest BCUT2D eigenvalue weighted by atomic mass is 10.2. The van der Waals surface area contributed by atoms with Crippen molar-refractivity contribution in [1.82, 2.24) is 30.1 Å². The van der Waals surface area contributed by atoms with E-state index in [9.17, 15) is 4.79 Å². The molecule has 2 N–H and O–H groups in total. The third kappa shape index (κ3) is 2.90. The predicted molar refractivity (Wildman–Crippen MR) is 96.1 cm³/mol. The van der Waals surface area contributed by atoms with Crippen LogP contribution in [-0.2, 0) is 6.42 Å². The molecule has 0 amide bonds. The number of likely N-dealkylation sites (N-methyl/N-ethyl adjacent to an activating group) is 1. The molecule has 4 aromatic rings. The van der Waals surface area contributed by atoms with Crippen LogP contribution in [0, 0.1) is 0 Å². The van der Waals surface area contributed by atoms with Crippen LogP contribution < -0.4 is 10.9 Å². The van der Waals surface area contributed by atoms with Crippen LogP contribution in [0.5, 0.6) is 0 Å². The smallest absolute Gasteiger partial charge is 0.263 e. The first-order chi connectivity index (χ1) is 11.7. The normalized spacial score (nSPS) is 12.4. The lowest BCUT2D eigenvalue weighted by Gasteiger charge is -2.04. The molecular formula is C16H17ClN6O2. The summed E-state index contributed by atoms with van der Waals surface area (Å²) in [6.45, 7) is 2.04. The quantitative estimate of drug-likeness (QED) is 0.575. The molecule has 1 aromatic carbocycles. The largest absolute Gasteiger partial charge is 0.334 e. The number of hydrogen-bond acceptors (Lipinski definition) is 6. The van der Waals surface area contributed by atoms with Gasteiger partial charge in [0.1, 0.15) is 11.2 Å². The van der Waals surface area contributed by atoms with E-state index in [1.165, 1.54) is 0 Å². The van der Waals surface area contributed by atoms with E-state index in [4.69, 9.17) is 4.52 Å². The number of halogens is 1. The van der Waals surface area contributed by atoms with Crippen molar-refractivity contribution >= 4 is 29.0 Å². The third-order valence-corrected chi connectivity index (χ3v) is 4.06. The zero-order valence-corrected chi connectivity index (χ0v) is 14.5. The van der Waals surface area contributed by atoms with Gasteiger partial charge in [-0.25, -0.2) is 4.52 Å². The van der Waals surface area contributed by atoms with E-state index in [2.05, 4.69) is 25.5 Å². The van der Waals surface area contributed by atoms with Crippen LogP contribution in [-0.4, -0.2) is 37.8 Å². The van der Waals surface area contributed by atoms with Gasteiger partial charge < -0.3 is 14.8 Å². The summed E-state index contributed by atoms with van der Waals surface area (Å²) >= 11 is 0. The Kier molecular flexibility index (Phi) is 4.56. The summed E-state index contributed by atoms with van der Waals surface area (Å²) < 4.78 is 7.02. The molecule has 0 aliphatic rings. The van der Waals surface area contributed by atoms with Crippen LogP contribution in [0.4, 0.5) is 0 Å². The lowest BCUT2D eigenvalue weighted by molar-refractivity contribution is 0.418. The topological polar surface area (TPSA) is 101 Å². The van der Waals surface area contributed by atoms with E-state index in [0.29, 0.717) is 34.7 Å². The summed E-state index contributed by atoms with van der Waals surface area (Å²) in [6, 6.07) is 7.54. The third-order valence-electron chi connectivity index (χ3n) is 4.06.